The second kappa shape index (κ2) is 9.48. The second-order valence-electron chi connectivity index (χ2n) is 4.87. The first-order valence-electron chi connectivity index (χ1n) is 7.69. The van der Waals surface area contributed by atoms with Crippen LogP contribution in [0.4, 0.5) is 5.69 Å². The molecule has 2 aromatic carbocycles. The van der Waals surface area contributed by atoms with Gasteiger partial charge in [-0.1, -0.05) is 31.2 Å². The summed E-state index contributed by atoms with van der Waals surface area (Å²) in [5.74, 6) is 1.44. The van der Waals surface area contributed by atoms with E-state index >= 15 is 0 Å². The molecule has 0 radical (unpaired) electrons. The van der Waals surface area contributed by atoms with Crippen molar-refractivity contribution < 1.29 is 14.3 Å². The average Bonchev–Trinajstić information content (AvgIpc) is 2.58. The van der Waals surface area contributed by atoms with Crippen molar-refractivity contribution in [2.24, 2.45) is 0 Å². The molecule has 0 aliphatic carbocycles. The Kier molecular flexibility index (Phi) is 6.94. The highest BCUT2D eigenvalue weighted by Crippen LogP contribution is 2.17. The van der Waals surface area contributed by atoms with Crippen LogP contribution in [-0.4, -0.2) is 32.2 Å². The monoisotopic (exact) mass is 314 g/mol. The lowest BCUT2D eigenvalue weighted by molar-refractivity contribution is -0.115. The molecule has 0 heterocycles. The number of benzene rings is 2. The molecule has 0 aliphatic heterocycles. The summed E-state index contributed by atoms with van der Waals surface area (Å²) < 4.78 is 11.2. The van der Waals surface area contributed by atoms with Crippen molar-refractivity contribution >= 4 is 11.6 Å². The highest BCUT2D eigenvalue weighted by atomic mass is 16.5. The fourth-order valence-electron chi connectivity index (χ4n) is 1.94. The molecular weight excluding hydrogens is 292 g/mol. The number of carbonyl (C=O) groups excluding carboxylic acids is 1. The number of hydrogen-bond donors (Lipinski definition) is 2. The Morgan fingerprint density at radius 3 is 2.39 bits per heavy atom. The largest absolute Gasteiger partial charge is 0.490 e. The summed E-state index contributed by atoms with van der Waals surface area (Å²) in [6.07, 6.45) is 0. The first kappa shape index (κ1) is 16.8. The molecule has 2 rings (SSSR count). The van der Waals surface area contributed by atoms with E-state index in [0.717, 1.165) is 18.0 Å². The quantitative estimate of drug-likeness (QED) is 0.699. The van der Waals surface area contributed by atoms with E-state index in [-0.39, 0.29) is 5.91 Å². The van der Waals surface area contributed by atoms with Gasteiger partial charge in [0.25, 0.3) is 0 Å². The maximum atomic E-state index is 11.7. The number of hydrogen-bond acceptors (Lipinski definition) is 4. The molecule has 122 valence electrons. The number of carbonyl (C=O) groups is 1. The van der Waals surface area contributed by atoms with Gasteiger partial charge in [0.1, 0.15) is 24.7 Å². The highest BCUT2D eigenvalue weighted by molar-refractivity contribution is 5.92. The summed E-state index contributed by atoms with van der Waals surface area (Å²) in [5.41, 5.74) is 0.717. The van der Waals surface area contributed by atoms with Crippen LogP contribution in [0, 0.1) is 0 Å². The third kappa shape index (κ3) is 6.40. The van der Waals surface area contributed by atoms with Crippen LogP contribution in [0.25, 0.3) is 0 Å². The lowest BCUT2D eigenvalue weighted by atomic mass is 10.3. The van der Waals surface area contributed by atoms with E-state index in [1.54, 1.807) is 6.07 Å². The molecule has 2 aromatic rings. The van der Waals surface area contributed by atoms with Gasteiger partial charge in [0.05, 0.1) is 6.54 Å². The summed E-state index contributed by atoms with van der Waals surface area (Å²) >= 11 is 0. The first-order valence-corrected chi connectivity index (χ1v) is 7.69. The van der Waals surface area contributed by atoms with Crippen LogP contribution in [0.3, 0.4) is 0 Å². The Bertz CT molecular complexity index is 602. The van der Waals surface area contributed by atoms with Gasteiger partial charge < -0.3 is 20.1 Å². The van der Waals surface area contributed by atoms with E-state index in [4.69, 9.17) is 9.47 Å². The van der Waals surface area contributed by atoms with Gasteiger partial charge in [-0.3, -0.25) is 4.79 Å². The third-order valence-electron chi connectivity index (χ3n) is 3.02. The van der Waals surface area contributed by atoms with Crippen molar-refractivity contribution in [3.8, 4) is 11.5 Å². The number of nitrogens with one attached hydrogen (secondary N) is 2. The molecule has 0 aromatic heterocycles. The third-order valence-corrected chi connectivity index (χ3v) is 3.02. The molecule has 0 saturated carbocycles. The first-order chi connectivity index (χ1) is 11.3. The topological polar surface area (TPSA) is 59.6 Å². The van der Waals surface area contributed by atoms with Gasteiger partial charge in [0.15, 0.2) is 0 Å². The minimum absolute atomic E-state index is 0.0728. The number of para-hydroxylation sites is 1. The molecule has 2 N–H and O–H groups in total. The SMILES string of the molecule is CCNCC(=O)Nc1cccc(OCCOc2ccccc2)c1. The lowest BCUT2D eigenvalue weighted by Crippen LogP contribution is -2.27. The second-order valence-corrected chi connectivity index (χ2v) is 4.87. The van der Waals surface area contributed by atoms with Gasteiger partial charge >= 0.3 is 0 Å². The fourth-order valence-corrected chi connectivity index (χ4v) is 1.94. The van der Waals surface area contributed by atoms with Gasteiger partial charge in [0, 0.05) is 11.8 Å². The van der Waals surface area contributed by atoms with Crippen LogP contribution in [-0.2, 0) is 4.79 Å². The molecule has 0 bridgehead atoms. The van der Waals surface area contributed by atoms with E-state index < -0.39 is 0 Å². The summed E-state index contributed by atoms with van der Waals surface area (Å²) in [6, 6.07) is 16.9. The van der Waals surface area contributed by atoms with Crippen molar-refractivity contribution in [1.82, 2.24) is 5.32 Å². The summed E-state index contributed by atoms with van der Waals surface area (Å²) in [5, 5.41) is 5.80. The van der Waals surface area contributed by atoms with Gasteiger partial charge in [-0.15, -0.1) is 0 Å². The van der Waals surface area contributed by atoms with Crippen molar-refractivity contribution in [2.75, 3.05) is 31.6 Å². The predicted octanol–water partition coefficient (Wildman–Crippen LogP) is 2.69. The summed E-state index contributed by atoms with van der Waals surface area (Å²) in [7, 11) is 0. The van der Waals surface area contributed by atoms with E-state index in [9.17, 15) is 4.79 Å². The Hall–Kier alpha value is -2.53. The highest BCUT2D eigenvalue weighted by Gasteiger charge is 2.02. The van der Waals surface area contributed by atoms with Crippen LogP contribution in [0.1, 0.15) is 6.92 Å². The normalized spacial score (nSPS) is 10.1. The maximum Gasteiger partial charge on any atom is 0.238 e. The zero-order valence-corrected chi connectivity index (χ0v) is 13.2. The van der Waals surface area contributed by atoms with Crippen molar-refractivity contribution in [3.05, 3.63) is 54.6 Å². The van der Waals surface area contributed by atoms with Crippen LogP contribution in [0.15, 0.2) is 54.6 Å². The van der Waals surface area contributed by atoms with E-state index in [2.05, 4.69) is 10.6 Å². The van der Waals surface area contributed by atoms with E-state index in [0.29, 0.717) is 25.5 Å². The zero-order valence-electron chi connectivity index (χ0n) is 13.2. The van der Waals surface area contributed by atoms with E-state index in [1.165, 1.54) is 0 Å². The molecule has 0 atom stereocenters. The molecule has 5 nitrogen and oxygen atoms in total. The Morgan fingerprint density at radius 1 is 0.957 bits per heavy atom. The standard InChI is InChI=1S/C18H22N2O3/c1-2-19-14-18(21)20-15-7-6-10-17(13-15)23-12-11-22-16-8-4-3-5-9-16/h3-10,13,19H,2,11-12,14H2,1H3,(H,20,21). The molecule has 0 saturated heterocycles. The van der Waals surface area contributed by atoms with Crippen molar-refractivity contribution in [3.63, 3.8) is 0 Å². The molecule has 0 spiro atoms. The molecule has 23 heavy (non-hydrogen) atoms. The number of ether oxygens (including phenoxy) is 2. The molecule has 1 amide bonds. The van der Waals surface area contributed by atoms with Crippen molar-refractivity contribution in [1.29, 1.82) is 0 Å². The summed E-state index contributed by atoms with van der Waals surface area (Å²) in [6.45, 7) is 3.91. The van der Waals surface area contributed by atoms with Crippen LogP contribution < -0.4 is 20.1 Å². The molecular formula is C18H22N2O3. The number of rotatable bonds is 9. The smallest absolute Gasteiger partial charge is 0.238 e. The van der Waals surface area contributed by atoms with Crippen LogP contribution in [0.5, 0.6) is 11.5 Å². The molecule has 5 heteroatoms. The predicted molar refractivity (Wildman–Crippen MR) is 91.0 cm³/mol. The minimum Gasteiger partial charge on any atom is -0.490 e. The molecule has 0 unspecified atom stereocenters. The van der Waals surface area contributed by atoms with Gasteiger partial charge in [0.2, 0.25) is 5.91 Å². The van der Waals surface area contributed by atoms with Gasteiger partial charge in [-0.2, -0.15) is 0 Å². The van der Waals surface area contributed by atoms with Crippen LogP contribution in [0.2, 0.25) is 0 Å². The van der Waals surface area contributed by atoms with Gasteiger partial charge in [-0.05, 0) is 30.8 Å². The Balaban J connectivity index is 1.75. The Labute approximate surface area is 136 Å². The number of amides is 1. The Morgan fingerprint density at radius 2 is 1.65 bits per heavy atom. The number of anilines is 1. The molecule has 0 fully saturated rings. The number of likely N-dealkylation sites (N-methyl/N-ethyl adjacent to an activating group) is 1. The molecule has 0 aliphatic rings. The minimum atomic E-state index is -0.0728. The lowest BCUT2D eigenvalue weighted by Gasteiger charge is -2.10. The maximum absolute atomic E-state index is 11.7. The van der Waals surface area contributed by atoms with Crippen molar-refractivity contribution in [2.45, 2.75) is 6.92 Å². The van der Waals surface area contributed by atoms with Crippen LogP contribution >= 0.6 is 0 Å². The van der Waals surface area contributed by atoms with Gasteiger partial charge in [-0.25, -0.2) is 0 Å². The average molecular weight is 314 g/mol. The fraction of sp³-hybridized carbons (Fsp3) is 0.278. The summed E-state index contributed by atoms with van der Waals surface area (Å²) in [4.78, 5) is 11.7. The zero-order chi connectivity index (χ0) is 16.3. The van der Waals surface area contributed by atoms with E-state index in [1.807, 2.05) is 55.5 Å².